The lowest BCUT2D eigenvalue weighted by Crippen LogP contribution is -2.25. The minimum Gasteiger partial charge on any atom is -0.376 e. The molecule has 0 bridgehead atoms. The molecule has 1 amide bonds. The molecule has 0 aromatic carbocycles. The van der Waals surface area contributed by atoms with E-state index in [0.717, 1.165) is 19.5 Å². The van der Waals surface area contributed by atoms with Crippen molar-refractivity contribution in [3.8, 4) is 0 Å². The molecule has 0 aromatic rings. The van der Waals surface area contributed by atoms with Crippen molar-refractivity contribution in [3.05, 3.63) is 0 Å². The van der Waals surface area contributed by atoms with Crippen molar-refractivity contribution >= 4 is 5.91 Å². The van der Waals surface area contributed by atoms with Crippen LogP contribution in [0.5, 0.6) is 0 Å². The number of carbonyl (C=O) groups excluding carboxylic acids is 1. The van der Waals surface area contributed by atoms with E-state index in [1.807, 2.05) is 6.92 Å². The van der Waals surface area contributed by atoms with E-state index in [4.69, 9.17) is 4.74 Å². The van der Waals surface area contributed by atoms with Crippen LogP contribution in [0.25, 0.3) is 0 Å². The highest BCUT2D eigenvalue weighted by molar-refractivity contribution is 5.75. The highest BCUT2D eigenvalue weighted by Gasteiger charge is 2.14. The fourth-order valence-electron chi connectivity index (χ4n) is 1.37. The van der Waals surface area contributed by atoms with Crippen molar-refractivity contribution < 1.29 is 9.53 Å². The lowest BCUT2D eigenvalue weighted by atomic mass is 10.3. The lowest BCUT2D eigenvalue weighted by Gasteiger charge is -2.09. The molecule has 1 aliphatic heterocycles. The fraction of sp³-hybridized carbons (Fsp3) is 0.889. The van der Waals surface area contributed by atoms with Crippen LogP contribution in [0.4, 0.5) is 0 Å². The second-order valence-corrected chi connectivity index (χ2v) is 3.19. The number of amides is 1. The SMILES string of the molecule is CCNC(=O)CCOC1CCNC1. The molecule has 76 valence electrons. The molecule has 1 saturated heterocycles. The van der Waals surface area contributed by atoms with E-state index in [2.05, 4.69) is 10.6 Å². The topological polar surface area (TPSA) is 50.4 Å². The molecule has 13 heavy (non-hydrogen) atoms. The van der Waals surface area contributed by atoms with Gasteiger partial charge in [0.15, 0.2) is 0 Å². The molecule has 4 nitrogen and oxygen atoms in total. The maximum Gasteiger partial charge on any atom is 0.222 e. The number of rotatable bonds is 5. The van der Waals surface area contributed by atoms with Crippen LogP contribution in [0, 0.1) is 0 Å². The molecule has 2 N–H and O–H groups in total. The average Bonchev–Trinajstić information content (AvgIpc) is 2.57. The van der Waals surface area contributed by atoms with E-state index in [9.17, 15) is 4.79 Å². The van der Waals surface area contributed by atoms with Gasteiger partial charge in [-0.15, -0.1) is 0 Å². The van der Waals surface area contributed by atoms with E-state index in [1.165, 1.54) is 0 Å². The summed E-state index contributed by atoms with van der Waals surface area (Å²) < 4.78 is 5.50. The molecule has 1 fully saturated rings. The predicted octanol–water partition coefficient (Wildman–Crippen LogP) is -0.109. The van der Waals surface area contributed by atoms with E-state index in [1.54, 1.807) is 0 Å². The monoisotopic (exact) mass is 186 g/mol. The molecule has 0 saturated carbocycles. The van der Waals surface area contributed by atoms with E-state index >= 15 is 0 Å². The van der Waals surface area contributed by atoms with Crippen molar-refractivity contribution in [2.45, 2.75) is 25.9 Å². The van der Waals surface area contributed by atoms with Gasteiger partial charge in [-0.2, -0.15) is 0 Å². The minimum atomic E-state index is 0.0773. The van der Waals surface area contributed by atoms with Crippen molar-refractivity contribution in [1.82, 2.24) is 10.6 Å². The van der Waals surface area contributed by atoms with E-state index in [-0.39, 0.29) is 5.91 Å². The largest absolute Gasteiger partial charge is 0.376 e. The van der Waals surface area contributed by atoms with Gasteiger partial charge in [0, 0.05) is 19.5 Å². The lowest BCUT2D eigenvalue weighted by molar-refractivity contribution is -0.122. The first kappa shape index (κ1) is 10.5. The highest BCUT2D eigenvalue weighted by atomic mass is 16.5. The predicted molar refractivity (Wildman–Crippen MR) is 50.5 cm³/mol. The second-order valence-electron chi connectivity index (χ2n) is 3.19. The minimum absolute atomic E-state index is 0.0773. The van der Waals surface area contributed by atoms with Gasteiger partial charge in [0.05, 0.1) is 12.7 Å². The van der Waals surface area contributed by atoms with Gasteiger partial charge in [0.25, 0.3) is 0 Å². The first-order valence-electron chi connectivity index (χ1n) is 4.92. The zero-order valence-electron chi connectivity index (χ0n) is 8.14. The molecular formula is C9H18N2O2. The summed E-state index contributed by atoms with van der Waals surface area (Å²) in [5.74, 6) is 0.0773. The molecule has 1 unspecified atom stereocenters. The van der Waals surface area contributed by atoms with Crippen molar-refractivity contribution in [2.24, 2.45) is 0 Å². The Labute approximate surface area is 79.0 Å². The van der Waals surface area contributed by atoms with Gasteiger partial charge in [-0.1, -0.05) is 0 Å². The van der Waals surface area contributed by atoms with E-state index in [0.29, 0.717) is 25.7 Å². The number of hydrogen-bond donors (Lipinski definition) is 2. The Balaban J connectivity index is 1.96. The van der Waals surface area contributed by atoms with Crippen LogP contribution < -0.4 is 10.6 Å². The van der Waals surface area contributed by atoms with Crippen LogP contribution in [0.3, 0.4) is 0 Å². The molecule has 1 heterocycles. The highest BCUT2D eigenvalue weighted by Crippen LogP contribution is 2.02. The van der Waals surface area contributed by atoms with Crippen molar-refractivity contribution in [3.63, 3.8) is 0 Å². The van der Waals surface area contributed by atoms with Gasteiger partial charge in [-0.3, -0.25) is 4.79 Å². The van der Waals surface area contributed by atoms with Crippen LogP contribution in [-0.2, 0) is 9.53 Å². The average molecular weight is 186 g/mol. The molecule has 0 spiro atoms. The fourth-order valence-corrected chi connectivity index (χ4v) is 1.37. The molecule has 0 aromatic heterocycles. The summed E-state index contributed by atoms with van der Waals surface area (Å²) >= 11 is 0. The number of hydrogen-bond acceptors (Lipinski definition) is 3. The van der Waals surface area contributed by atoms with Gasteiger partial charge in [0.2, 0.25) is 5.91 Å². The zero-order valence-corrected chi connectivity index (χ0v) is 8.14. The summed E-state index contributed by atoms with van der Waals surface area (Å²) in [6, 6.07) is 0. The first-order valence-corrected chi connectivity index (χ1v) is 4.92. The third-order valence-corrected chi connectivity index (χ3v) is 2.07. The molecule has 1 rings (SSSR count). The van der Waals surface area contributed by atoms with E-state index < -0.39 is 0 Å². The Morgan fingerprint density at radius 1 is 1.69 bits per heavy atom. The Morgan fingerprint density at radius 3 is 3.15 bits per heavy atom. The second kappa shape index (κ2) is 5.94. The summed E-state index contributed by atoms with van der Waals surface area (Å²) in [7, 11) is 0. The molecule has 0 radical (unpaired) electrons. The Bertz CT molecular complexity index is 156. The maximum absolute atomic E-state index is 11.0. The van der Waals surface area contributed by atoms with Gasteiger partial charge in [0.1, 0.15) is 0 Å². The third-order valence-electron chi connectivity index (χ3n) is 2.07. The van der Waals surface area contributed by atoms with Crippen LogP contribution in [0.1, 0.15) is 19.8 Å². The van der Waals surface area contributed by atoms with Gasteiger partial charge < -0.3 is 15.4 Å². The van der Waals surface area contributed by atoms with Crippen LogP contribution in [-0.4, -0.2) is 38.3 Å². The van der Waals surface area contributed by atoms with Crippen LogP contribution in [0.15, 0.2) is 0 Å². The summed E-state index contributed by atoms with van der Waals surface area (Å²) in [6.07, 6.45) is 1.86. The van der Waals surface area contributed by atoms with Gasteiger partial charge in [-0.25, -0.2) is 0 Å². The first-order chi connectivity index (χ1) is 6.33. The number of carbonyl (C=O) groups is 1. The van der Waals surface area contributed by atoms with Crippen LogP contribution >= 0.6 is 0 Å². The maximum atomic E-state index is 11.0. The molecule has 0 aliphatic carbocycles. The standard InChI is InChI=1S/C9H18N2O2/c1-2-11-9(12)4-6-13-8-3-5-10-7-8/h8,10H,2-7H2,1H3,(H,11,12). The summed E-state index contributed by atoms with van der Waals surface area (Å²) in [5.41, 5.74) is 0. The Kier molecular flexibility index (Phi) is 4.78. The molecule has 4 heteroatoms. The quantitative estimate of drug-likeness (QED) is 0.630. The molecule has 1 aliphatic rings. The Hall–Kier alpha value is -0.610. The summed E-state index contributed by atoms with van der Waals surface area (Å²) in [4.78, 5) is 11.0. The normalized spacial score (nSPS) is 21.8. The third kappa shape index (κ3) is 4.24. The smallest absolute Gasteiger partial charge is 0.222 e. The van der Waals surface area contributed by atoms with Crippen molar-refractivity contribution in [1.29, 1.82) is 0 Å². The number of nitrogens with one attached hydrogen (secondary N) is 2. The summed E-state index contributed by atoms with van der Waals surface area (Å²) in [6.45, 7) is 5.11. The van der Waals surface area contributed by atoms with Gasteiger partial charge >= 0.3 is 0 Å². The zero-order chi connectivity index (χ0) is 9.52. The van der Waals surface area contributed by atoms with Crippen LogP contribution in [0.2, 0.25) is 0 Å². The summed E-state index contributed by atoms with van der Waals surface area (Å²) in [5, 5.41) is 5.95. The van der Waals surface area contributed by atoms with Gasteiger partial charge in [-0.05, 0) is 19.9 Å². The molecular weight excluding hydrogens is 168 g/mol. The number of ether oxygens (including phenoxy) is 1. The molecule has 1 atom stereocenters. The Morgan fingerprint density at radius 2 is 2.54 bits per heavy atom. The van der Waals surface area contributed by atoms with Crippen molar-refractivity contribution in [2.75, 3.05) is 26.2 Å².